The van der Waals surface area contributed by atoms with Crippen LogP contribution in [0.1, 0.15) is 23.2 Å². The van der Waals surface area contributed by atoms with Crippen molar-refractivity contribution in [3.63, 3.8) is 0 Å². The molecule has 0 aromatic heterocycles. The minimum absolute atomic E-state index is 0.0452. The van der Waals surface area contributed by atoms with Gasteiger partial charge in [-0.2, -0.15) is 0 Å². The van der Waals surface area contributed by atoms with Crippen LogP contribution in [0.15, 0.2) is 47.4 Å². The summed E-state index contributed by atoms with van der Waals surface area (Å²) in [7, 11) is 0. The van der Waals surface area contributed by atoms with Crippen molar-refractivity contribution in [2.24, 2.45) is 0 Å². The molecule has 0 spiro atoms. The number of carbonyl (C=O) groups is 2. The van der Waals surface area contributed by atoms with E-state index in [2.05, 4.69) is 10.6 Å². The number of nitrogens with one attached hydrogen (secondary N) is 2. The molecule has 0 bridgehead atoms. The van der Waals surface area contributed by atoms with Crippen molar-refractivity contribution in [1.29, 1.82) is 0 Å². The zero-order valence-corrected chi connectivity index (χ0v) is 14.0. The molecule has 0 atom stereocenters. The zero-order valence-electron chi connectivity index (χ0n) is 13.2. The van der Waals surface area contributed by atoms with Gasteiger partial charge in [0.2, 0.25) is 5.91 Å². The topological polar surface area (TPSA) is 58.2 Å². The minimum atomic E-state index is -0.945. The average molecular weight is 362 g/mol. The fourth-order valence-corrected chi connectivity index (χ4v) is 2.87. The quantitative estimate of drug-likeness (QED) is 0.772. The SMILES string of the molecule is O=C(CSc1ccc(F)c(F)c1)Nc1cccc(C(=O)NC2CC2)c1. The van der Waals surface area contributed by atoms with Gasteiger partial charge >= 0.3 is 0 Å². The van der Waals surface area contributed by atoms with Gasteiger partial charge in [-0.05, 0) is 49.2 Å². The highest BCUT2D eigenvalue weighted by molar-refractivity contribution is 8.00. The Labute approximate surface area is 148 Å². The summed E-state index contributed by atoms with van der Waals surface area (Å²) in [5.41, 5.74) is 0.997. The maximum atomic E-state index is 13.1. The summed E-state index contributed by atoms with van der Waals surface area (Å²) < 4.78 is 26.0. The van der Waals surface area contributed by atoms with Gasteiger partial charge in [0, 0.05) is 22.2 Å². The number of hydrogen-bond donors (Lipinski definition) is 2. The second kappa shape index (κ2) is 7.65. The monoisotopic (exact) mass is 362 g/mol. The van der Waals surface area contributed by atoms with Crippen LogP contribution < -0.4 is 10.6 Å². The molecule has 7 heteroatoms. The maximum absolute atomic E-state index is 13.1. The first kappa shape index (κ1) is 17.4. The molecule has 0 radical (unpaired) electrons. The highest BCUT2D eigenvalue weighted by Crippen LogP contribution is 2.22. The Balaban J connectivity index is 1.55. The van der Waals surface area contributed by atoms with E-state index in [0.29, 0.717) is 16.1 Å². The normalized spacial score (nSPS) is 13.4. The summed E-state index contributed by atoms with van der Waals surface area (Å²) in [6.07, 6.45) is 2.01. The fraction of sp³-hybridized carbons (Fsp3) is 0.222. The third kappa shape index (κ3) is 5.03. The Morgan fingerprint density at radius 2 is 1.88 bits per heavy atom. The van der Waals surface area contributed by atoms with E-state index in [1.165, 1.54) is 6.07 Å². The summed E-state index contributed by atoms with van der Waals surface area (Å²) >= 11 is 1.10. The number of halogens is 2. The molecule has 1 fully saturated rings. The molecule has 2 aromatic rings. The average Bonchev–Trinajstić information content (AvgIpc) is 3.40. The van der Waals surface area contributed by atoms with E-state index in [1.807, 2.05) is 0 Å². The van der Waals surface area contributed by atoms with Crippen LogP contribution in [0.2, 0.25) is 0 Å². The molecule has 0 unspecified atom stereocenters. The number of anilines is 1. The van der Waals surface area contributed by atoms with Gasteiger partial charge < -0.3 is 10.6 Å². The first-order chi connectivity index (χ1) is 12.0. The van der Waals surface area contributed by atoms with Crippen molar-refractivity contribution in [2.75, 3.05) is 11.1 Å². The van der Waals surface area contributed by atoms with E-state index in [1.54, 1.807) is 24.3 Å². The van der Waals surface area contributed by atoms with Crippen molar-refractivity contribution < 1.29 is 18.4 Å². The fourth-order valence-electron chi connectivity index (χ4n) is 2.15. The number of hydrogen-bond acceptors (Lipinski definition) is 3. The molecule has 1 aliphatic carbocycles. The predicted molar refractivity (Wildman–Crippen MR) is 92.6 cm³/mol. The van der Waals surface area contributed by atoms with Crippen LogP contribution in [0.3, 0.4) is 0 Å². The van der Waals surface area contributed by atoms with Crippen LogP contribution in [0.4, 0.5) is 14.5 Å². The summed E-state index contributed by atoms with van der Waals surface area (Å²) in [5, 5.41) is 5.58. The molecule has 3 rings (SSSR count). The van der Waals surface area contributed by atoms with Gasteiger partial charge in [0.1, 0.15) is 0 Å². The Kier molecular flexibility index (Phi) is 5.33. The number of benzene rings is 2. The third-order valence-electron chi connectivity index (χ3n) is 3.58. The molecule has 2 amide bonds. The van der Waals surface area contributed by atoms with E-state index in [0.717, 1.165) is 36.7 Å². The van der Waals surface area contributed by atoms with Crippen LogP contribution in [-0.2, 0) is 4.79 Å². The van der Waals surface area contributed by atoms with Crippen LogP contribution >= 0.6 is 11.8 Å². The molecule has 25 heavy (non-hydrogen) atoms. The van der Waals surface area contributed by atoms with Gasteiger partial charge in [0.05, 0.1) is 5.75 Å². The second-order valence-corrected chi connectivity index (χ2v) is 6.79. The lowest BCUT2D eigenvalue weighted by Gasteiger charge is -2.08. The van der Waals surface area contributed by atoms with Gasteiger partial charge in [0.15, 0.2) is 11.6 Å². The Morgan fingerprint density at radius 3 is 2.60 bits per heavy atom. The number of amides is 2. The number of thioether (sulfide) groups is 1. The summed E-state index contributed by atoms with van der Waals surface area (Å²) in [5.74, 6) is -2.28. The van der Waals surface area contributed by atoms with Crippen molar-refractivity contribution in [3.8, 4) is 0 Å². The predicted octanol–water partition coefficient (Wildman–Crippen LogP) is 3.59. The van der Waals surface area contributed by atoms with Crippen LogP contribution in [0, 0.1) is 11.6 Å². The summed E-state index contributed by atoms with van der Waals surface area (Å²) in [6.45, 7) is 0. The van der Waals surface area contributed by atoms with Crippen LogP contribution in [0.25, 0.3) is 0 Å². The second-order valence-electron chi connectivity index (χ2n) is 5.74. The number of carbonyl (C=O) groups excluding carboxylic acids is 2. The van der Waals surface area contributed by atoms with E-state index >= 15 is 0 Å². The van der Waals surface area contributed by atoms with Crippen molar-refractivity contribution in [3.05, 3.63) is 59.7 Å². The van der Waals surface area contributed by atoms with Gasteiger partial charge in [-0.3, -0.25) is 9.59 Å². The van der Waals surface area contributed by atoms with E-state index < -0.39 is 11.6 Å². The molecule has 2 N–H and O–H groups in total. The Hall–Kier alpha value is -2.41. The third-order valence-corrected chi connectivity index (χ3v) is 4.58. The molecule has 1 saturated carbocycles. The van der Waals surface area contributed by atoms with Crippen LogP contribution in [0.5, 0.6) is 0 Å². The molecule has 2 aromatic carbocycles. The van der Waals surface area contributed by atoms with Gasteiger partial charge in [-0.1, -0.05) is 6.07 Å². The molecule has 4 nitrogen and oxygen atoms in total. The lowest BCUT2D eigenvalue weighted by Crippen LogP contribution is -2.25. The molecule has 1 aliphatic rings. The highest BCUT2D eigenvalue weighted by Gasteiger charge is 2.23. The highest BCUT2D eigenvalue weighted by atomic mass is 32.2. The molecule has 130 valence electrons. The standard InChI is InChI=1S/C18H16F2N2O2S/c19-15-7-6-14(9-16(15)20)25-10-17(23)21-13-3-1-2-11(8-13)18(24)22-12-4-5-12/h1-3,6-9,12H,4-5,10H2,(H,21,23)(H,22,24). The maximum Gasteiger partial charge on any atom is 0.251 e. The molecule has 0 heterocycles. The molecule has 0 aliphatic heterocycles. The lowest BCUT2D eigenvalue weighted by molar-refractivity contribution is -0.113. The van der Waals surface area contributed by atoms with E-state index in [-0.39, 0.29) is 23.6 Å². The minimum Gasteiger partial charge on any atom is -0.349 e. The summed E-state index contributed by atoms with van der Waals surface area (Å²) in [6, 6.07) is 10.4. The zero-order chi connectivity index (χ0) is 17.8. The molecular weight excluding hydrogens is 346 g/mol. The van der Waals surface area contributed by atoms with E-state index in [4.69, 9.17) is 0 Å². The first-order valence-corrected chi connectivity index (χ1v) is 8.78. The van der Waals surface area contributed by atoms with Crippen LogP contribution in [-0.4, -0.2) is 23.6 Å². The van der Waals surface area contributed by atoms with Gasteiger partial charge in [-0.15, -0.1) is 11.8 Å². The molecule has 0 saturated heterocycles. The van der Waals surface area contributed by atoms with E-state index in [9.17, 15) is 18.4 Å². The van der Waals surface area contributed by atoms with Crippen molar-refractivity contribution in [1.82, 2.24) is 5.32 Å². The van der Waals surface area contributed by atoms with Crippen molar-refractivity contribution in [2.45, 2.75) is 23.8 Å². The molecular formula is C18H16F2N2O2S. The smallest absolute Gasteiger partial charge is 0.251 e. The van der Waals surface area contributed by atoms with Gasteiger partial charge in [0.25, 0.3) is 5.91 Å². The largest absolute Gasteiger partial charge is 0.349 e. The number of rotatable bonds is 6. The van der Waals surface area contributed by atoms with Crippen molar-refractivity contribution >= 4 is 29.3 Å². The first-order valence-electron chi connectivity index (χ1n) is 7.80. The summed E-state index contributed by atoms with van der Waals surface area (Å²) in [4.78, 5) is 24.5. The Morgan fingerprint density at radius 1 is 1.08 bits per heavy atom. The Bertz CT molecular complexity index is 809. The lowest BCUT2D eigenvalue weighted by atomic mass is 10.2. The van der Waals surface area contributed by atoms with Gasteiger partial charge in [-0.25, -0.2) is 8.78 Å².